The number of aromatic hydroxyl groups is 1. The van der Waals surface area contributed by atoms with Crippen LogP contribution in [0.2, 0.25) is 0 Å². The van der Waals surface area contributed by atoms with Gasteiger partial charge in [0.25, 0.3) is 0 Å². The maximum absolute atomic E-state index is 14.1. The summed E-state index contributed by atoms with van der Waals surface area (Å²) >= 11 is 0. The first kappa shape index (κ1) is 34.4. The molecular formula is C38H37N3O8. The molecule has 5 rings (SSSR count). The monoisotopic (exact) mass is 663 g/mol. The Labute approximate surface area is 283 Å². The molecule has 0 aliphatic rings. The van der Waals surface area contributed by atoms with Crippen LogP contribution in [0.25, 0.3) is 10.9 Å². The van der Waals surface area contributed by atoms with Crippen molar-refractivity contribution in [1.29, 1.82) is 0 Å². The van der Waals surface area contributed by atoms with E-state index in [1.807, 2.05) is 24.3 Å². The van der Waals surface area contributed by atoms with Gasteiger partial charge in [0.2, 0.25) is 5.91 Å². The summed E-state index contributed by atoms with van der Waals surface area (Å²) in [4.78, 5) is 58.2. The number of nitrogens with zero attached hydrogens (tertiary/aromatic N) is 1. The van der Waals surface area contributed by atoms with Crippen molar-refractivity contribution in [1.82, 2.24) is 9.88 Å². The number of amides is 2. The fourth-order valence-electron chi connectivity index (χ4n) is 5.24. The number of nitrogens with two attached hydrogens (primary N) is 1. The van der Waals surface area contributed by atoms with Crippen molar-refractivity contribution in [3.63, 3.8) is 0 Å². The van der Waals surface area contributed by atoms with Crippen molar-refractivity contribution in [3.8, 4) is 5.75 Å². The van der Waals surface area contributed by atoms with Crippen LogP contribution < -0.4 is 5.73 Å². The average Bonchev–Trinajstić information content (AvgIpc) is 3.52. The quantitative estimate of drug-likeness (QED) is 0.102. The second-order valence-corrected chi connectivity index (χ2v) is 11.4. The zero-order valence-electron chi connectivity index (χ0n) is 26.7. The SMILES string of the molecule is N[C@@H](Cc1c[nH]c2ccc(O)cc12)C(=O)N(C(=O)OCc1ccccc1)[C@@H](CCC(=O)OCc1ccccc1)C(=O)OCc1ccccc1. The van der Waals surface area contributed by atoms with Crippen LogP contribution >= 0.6 is 0 Å². The van der Waals surface area contributed by atoms with Crippen molar-refractivity contribution in [3.05, 3.63) is 138 Å². The van der Waals surface area contributed by atoms with Gasteiger partial charge in [-0.05, 0) is 53.3 Å². The molecule has 11 heteroatoms. The van der Waals surface area contributed by atoms with Gasteiger partial charge in [-0.1, -0.05) is 91.0 Å². The molecule has 4 aromatic carbocycles. The molecule has 0 aliphatic carbocycles. The molecule has 0 saturated carbocycles. The predicted molar refractivity (Wildman–Crippen MR) is 181 cm³/mol. The Balaban J connectivity index is 1.40. The summed E-state index contributed by atoms with van der Waals surface area (Å²) in [6, 6.07) is 28.7. The van der Waals surface area contributed by atoms with Crippen LogP contribution in [0.1, 0.15) is 35.1 Å². The number of fused-ring (bicyclic) bond motifs is 1. The lowest BCUT2D eigenvalue weighted by atomic mass is 10.0. The zero-order valence-corrected chi connectivity index (χ0v) is 26.7. The number of carbonyl (C=O) groups excluding carboxylic acids is 4. The number of carbonyl (C=O) groups is 4. The molecule has 252 valence electrons. The number of benzene rings is 4. The number of rotatable bonds is 14. The summed E-state index contributed by atoms with van der Waals surface area (Å²) in [5.41, 5.74) is 9.86. The van der Waals surface area contributed by atoms with E-state index in [1.54, 1.807) is 79.0 Å². The molecule has 2 atom stereocenters. The lowest BCUT2D eigenvalue weighted by Gasteiger charge is -2.30. The Hall–Kier alpha value is -5.94. The Bertz CT molecular complexity index is 1860. The van der Waals surface area contributed by atoms with Crippen molar-refractivity contribution in [2.24, 2.45) is 5.73 Å². The van der Waals surface area contributed by atoms with E-state index in [2.05, 4.69) is 4.98 Å². The minimum atomic E-state index is -1.57. The van der Waals surface area contributed by atoms with E-state index in [1.165, 1.54) is 12.1 Å². The summed E-state index contributed by atoms with van der Waals surface area (Å²) in [6.45, 7) is -0.318. The van der Waals surface area contributed by atoms with Gasteiger partial charge < -0.3 is 30.0 Å². The molecule has 1 aromatic heterocycles. The molecule has 0 radical (unpaired) electrons. The van der Waals surface area contributed by atoms with Crippen molar-refractivity contribution < 1.29 is 38.5 Å². The highest BCUT2D eigenvalue weighted by atomic mass is 16.6. The van der Waals surface area contributed by atoms with Gasteiger partial charge in [0.05, 0.1) is 6.04 Å². The predicted octanol–water partition coefficient (Wildman–Crippen LogP) is 5.54. The number of phenolic OH excluding ortho intramolecular Hbond substituents is 1. The first-order valence-corrected chi connectivity index (χ1v) is 15.8. The summed E-state index contributed by atoms with van der Waals surface area (Å²) in [5, 5.41) is 10.7. The Kier molecular flexibility index (Phi) is 11.8. The smallest absolute Gasteiger partial charge is 0.417 e. The Morgan fingerprint density at radius 2 is 1.29 bits per heavy atom. The minimum Gasteiger partial charge on any atom is -0.508 e. The number of aromatic nitrogens is 1. The molecule has 0 bridgehead atoms. The van der Waals surface area contributed by atoms with Crippen LogP contribution in [0, 0.1) is 0 Å². The van der Waals surface area contributed by atoms with Gasteiger partial charge in [-0.3, -0.25) is 9.59 Å². The molecule has 0 aliphatic heterocycles. The largest absolute Gasteiger partial charge is 0.508 e. The lowest BCUT2D eigenvalue weighted by molar-refractivity contribution is -0.157. The van der Waals surface area contributed by atoms with Gasteiger partial charge in [0.1, 0.15) is 31.6 Å². The van der Waals surface area contributed by atoms with Crippen LogP contribution in [0.15, 0.2) is 115 Å². The van der Waals surface area contributed by atoms with E-state index in [-0.39, 0.29) is 44.8 Å². The first-order chi connectivity index (χ1) is 23.8. The van der Waals surface area contributed by atoms with Crippen molar-refractivity contribution >= 4 is 34.8 Å². The third-order valence-corrected chi connectivity index (χ3v) is 7.82. The van der Waals surface area contributed by atoms with Gasteiger partial charge in [-0.2, -0.15) is 0 Å². The second-order valence-electron chi connectivity index (χ2n) is 11.4. The van der Waals surface area contributed by atoms with E-state index >= 15 is 0 Å². The van der Waals surface area contributed by atoms with E-state index in [0.717, 1.165) is 5.56 Å². The second kappa shape index (κ2) is 16.8. The van der Waals surface area contributed by atoms with Crippen LogP contribution in [0.3, 0.4) is 0 Å². The molecule has 4 N–H and O–H groups in total. The molecule has 0 fully saturated rings. The maximum Gasteiger partial charge on any atom is 0.417 e. The fourth-order valence-corrected chi connectivity index (χ4v) is 5.24. The van der Waals surface area contributed by atoms with Gasteiger partial charge in [0.15, 0.2) is 0 Å². The van der Waals surface area contributed by atoms with E-state index in [4.69, 9.17) is 19.9 Å². The van der Waals surface area contributed by atoms with E-state index < -0.39 is 36.0 Å². The highest BCUT2D eigenvalue weighted by molar-refractivity contribution is 5.99. The number of hydrogen-bond donors (Lipinski definition) is 3. The van der Waals surface area contributed by atoms with Gasteiger partial charge in [-0.15, -0.1) is 0 Å². The van der Waals surface area contributed by atoms with Crippen LogP contribution in [-0.4, -0.2) is 51.0 Å². The zero-order chi connectivity index (χ0) is 34.6. The van der Waals surface area contributed by atoms with Crippen LogP contribution in [-0.2, 0) is 54.8 Å². The first-order valence-electron chi connectivity index (χ1n) is 15.8. The van der Waals surface area contributed by atoms with Gasteiger partial charge in [-0.25, -0.2) is 14.5 Å². The number of phenols is 1. The number of H-pyrrole nitrogens is 1. The normalized spacial score (nSPS) is 12.1. The Morgan fingerprint density at radius 1 is 0.735 bits per heavy atom. The molecule has 0 unspecified atom stereocenters. The van der Waals surface area contributed by atoms with E-state index in [0.29, 0.717) is 32.5 Å². The molecule has 0 spiro atoms. The minimum absolute atomic E-state index is 0.00953. The number of hydrogen-bond acceptors (Lipinski definition) is 9. The summed E-state index contributed by atoms with van der Waals surface area (Å²) in [5.74, 6) is -2.45. The molecular weight excluding hydrogens is 626 g/mol. The maximum atomic E-state index is 14.1. The summed E-state index contributed by atoms with van der Waals surface area (Å²) in [7, 11) is 0. The number of ether oxygens (including phenoxy) is 3. The van der Waals surface area contributed by atoms with Gasteiger partial charge in [0, 0.05) is 23.5 Å². The highest BCUT2D eigenvalue weighted by Crippen LogP contribution is 2.25. The third-order valence-electron chi connectivity index (χ3n) is 7.82. The van der Waals surface area contributed by atoms with Crippen LogP contribution in [0.5, 0.6) is 5.75 Å². The van der Waals surface area contributed by atoms with Crippen molar-refractivity contribution in [2.45, 2.75) is 51.2 Å². The summed E-state index contributed by atoms with van der Waals surface area (Å²) < 4.78 is 16.5. The molecule has 11 nitrogen and oxygen atoms in total. The topological polar surface area (TPSA) is 161 Å². The third kappa shape index (κ3) is 9.55. The number of imide groups is 1. The fraction of sp³-hybridized carbons (Fsp3) is 0.211. The molecule has 5 aromatic rings. The molecule has 0 saturated heterocycles. The molecule has 49 heavy (non-hydrogen) atoms. The van der Waals surface area contributed by atoms with Crippen LogP contribution in [0.4, 0.5) is 4.79 Å². The van der Waals surface area contributed by atoms with Crippen molar-refractivity contribution in [2.75, 3.05) is 0 Å². The average molecular weight is 664 g/mol. The number of aromatic amines is 1. The van der Waals surface area contributed by atoms with Gasteiger partial charge >= 0.3 is 18.0 Å². The molecule has 2 amide bonds. The number of esters is 2. The lowest BCUT2D eigenvalue weighted by Crippen LogP contribution is -2.55. The molecule has 1 heterocycles. The standard InChI is InChI=1S/C38H37N3O8/c39-32(20-29-22-40-33-17-16-30(42)21-31(29)33)36(44)41(38(46)49-25-28-14-8-3-9-15-28)34(37(45)48-24-27-12-6-2-7-13-27)18-19-35(43)47-23-26-10-4-1-5-11-26/h1-17,21-22,32,34,40,42H,18-20,23-25,39H2/t32-,34-/m0/s1. The Morgan fingerprint density at radius 3 is 1.88 bits per heavy atom. The highest BCUT2D eigenvalue weighted by Gasteiger charge is 2.40. The summed E-state index contributed by atoms with van der Waals surface area (Å²) in [6.07, 6.45) is -0.134. The number of nitrogens with one attached hydrogen (secondary N) is 1. The van der Waals surface area contributed by atoms with E-state index in [9.17, 15) is 24.3 Å².